The number of ether oxygens (including phenoxy) is 3. The van der Waals surface area contributed by atoms with Crippen molar-refractivity contribution in [2.75, 3.05) is 12.4 Å². The summed E-state index contributed by atoms with van der Waals surface area (Å²) in [5, 5.41) is 12.1. The number of nitrogens with one attached hydrogen (secondary N) is 1. The number of anilines is 1. The molecule has 1 aliphatic carbocycles. The van der Waals surface area contributed by atoms with E-state index in [0.29, 0.717) is 22.7 Å². The van der Waals surface area contributed by atoms with Gasteiger partial charge in [-0.25, -0.2) is 4.79 Å². The van der Waals surface area contributed by atoms with E-state index in [9.17, 15) is 14.7 Å². The van der Waals surface area contributed by atoms with Crippen LogP contribution in [0.5, 0.6) is 17.2 Å². The fourth-order valence-corrected chi connectivity index (χ4v) is 4.42. The number of carboxylic acids is 1. The van der Waals surface area contributed by atoms with E-state index in [1.165, 1.54) is 12.5 Å². The summed E-state index contributed by atoms with van der Waals surface area (Å²) in [5.41, 5.74) is 1.87. The molecule has 36 heavy (non-hydrogen) atoms. The molecular formula is C29H31NO6. The minimum Gasteiger partial charge on any atom is -0.488 e. The molecule has 2 atom stereocenters. The number of para-hydroxylation sites is 1. The second-order valence-electron chi connectivity index (χ2n) is 8.96. The Kier molecular flexibility index (Phi) is 8.23. The maximum atomic E-state index is 12.5. The number of rotatable bonds is 9. The molecule has 1 amide bonds. The Labute approximate surface area is 211 Å². The van der Waals surface area contributed by atoms with E-state index < -0.39 is 5.97 Å². The quantitative estimate of drug-likeness (QED) is 0.383. The Morgan fingerprint density at radius 1 is 0.889 bits per heavy atom. The summed E-state index contributed by atoms with van der Waals surface area (Å²) < 4.78 is 17.6. The lowest BCUT2D eigenvalue weighted by molar-refractivity contribution is -0.115. The maximum absolute atomic E-state index is 12.5. The van der Waals surface area contributed by atoms with E-state index in [0.717, 1.165) is 30.6 Å². The Bertz CT molecular complexity index is 1190. The number of aromatic carboxylic acids is 1. The normalized spacial score (nSPS) is 17.3. The molecule has 0 radical (unpaired) electrons. The summed E-state index contributed by atoms with van der Waals surface area (Å²) in [5.74, 6) is 0.748. The number of methoxy groups -OCH3 is 1. The molecular weight excluding hydrogens is 458 g/mol. The Balaban J connectivity index is 1.32. The predicted octanol–water partition coefficient (Wildman–Crippen LogP) is 6.00. The fourth-order valence-electron chi connectivity index (χ4n) is 4.42. The van der Waals surface area contributed by atoms with Gasteiger partial charge in [0.1, 0.15) is 23.4 Å². The lowest BCUT2D eigenvalue weighted by Crippen LogP contribution is -2.36. The molecule has 0 saturated heterocycles. The summed E-state index contributed by atoms with van der Waals surface area (Å²) in [6, 6.07) is 19.6. The molecule has 0 heterocycles. The molecule has 7 nitrogen and oxygen atoms in total. The van der Waals surface area contributed by atoms with Crippen molar-refractivity contribution in [3.8, 4) is 17.2 Å². The van der Waals surface area contributed by atoms with Gasteiger partial charge >= 0.3 is 5.97 Å². The van der Waals surface area contributed by atoms with Crippen molar-refractivity contribution in [2.45, 2.75) is 51.2 Å². The van der Waals surface area contributed by atoms with Crippen LogP contribution in [-0.2, 0) is 16.0 Å². The first-order valence-corrected chi connectivity index (χ1v) is 12.1. The third-order valence-corrected chi connectivity index (χ3v) is 6.35. The van der Waals surface area contributed by atoms with Crippen molar-refractivity contribution < 1.29 is 28.9 Å². The van der Waals surface area contributed by atoms with Gasteiger partial charge in [0.25, 0.3) is 0 Å². The molecule has 0 aliphatic heterocycles. The van der Waals surface area contributed by atoms with Crippen LogP contribution in [-0.4, -0.2) is 36.3 Å². The summed E-state index contributed by atoms with van der Waals surface area (Å²) in [6.45, 7) is 1.76. The smallest absolute Gasteiger partial charge is 0.337 e. The number of carbonyl (C=O) groups excluding carboxylic acids is 1. The first-order valence-electron chi connectivity index (χ1n) is 12.1. The van der Waals surface area contributed by atoms with E-state index in [-0.39, 0.29) is 30.1 Å². The van der Waals surface area contributed by atoms with E-state index in [4.69, 9.17) is 14.2 Å². The Hall–Kier alpha value is -3.84. The van der Waals surface area contributed by atoms with Crippen LogP contribution in [0.25, 0.3) is 0 Å². The highest BCUT2D eigenvalue weighted by Crippen LogP contribution is 2.28. The molecule has 3 aromatic rings. The van der Waals surface area contributed by atoms with Crippen molar-refractivity contribution in [1.29, 1.82) is 0 Å². The van der Waals surface area contributed by atoms with E-state index in [1.54, 1.807) is 38.3 Å². The second kappa shape index (κ2) is 11.7. The molecule has 188 valence electrons. The van der Waals surface area contributed by atoms with E-state index >= 15 is 0 Å². The van der Waals surface area contributed by atoms with Crippen LogP contribution in [0, 0.1) is 6.92 Å². The van der Waals surface area contributed by atoms with Crippen LogP contribution in [0.15, 0.2) is 66.7 Å². The average molecular weight is 490 g/mol. The van der Waals surface area contributed by atoms with Crippen LogP contribution in [0.3, 0.4) is 0 Å². The van der Waals surface area contributed by atoms with Gasteiger partial charge in [-0.1, -0.05) is 30.7 Å². The zero-order chi connectivity index (χ0) is 25.5. The molecule has 0 bridgehead atoms. The second-order valence-corrected chi connectivity index (χ2v) is 8.96. The van der Waals surface area contributed by atoms with Gasteiger partial charge < -0.3 is 24.6 Å². The number of carbonyl (C=O) groups is 2. The zero-order valence-electron chi connectivity index (χ0n) is 20.5. The summed E-state index contributed by atoms with van der Waals surface area (Å²) in [4.78, 5) is 24.0. The lowest BCUT2D eigenvalue weighted by atomic mass is 9.94. The minimum atomic E-state index is -1.08. The highest BCUT2D eigenvalue weighted by Gasteiger charge is 2.26. The van der Waals surface area contributed by atoms with Gasteiger partial charge in [0, 0.05) is 7.11 Å². The molecule has 7 heteroatoms. The van der Waals surface area contributed by atoms with Gasteiger partial charge in [-0.3, -0.25) is 4.79 Å². The first-order chi connectivity index (χ1) is 17.4. The van der Waals surface area contributed by atoms with Gasteiger partial charge in [-0.15, -0.1) is 0 Å². The number of amides is 1. The number of benzene rings is 3. The molecule has 0 spiro atoms. The summed E-state index contributed by atoms with van der Waals surface area (Å²) in [6.07, 6.45) is 4.66. The maximum Gasteiger partial charge on any atom is 0.337 e. The third kappa shape index (κ3) is 6.43. The zero-order valence-corrected chi connectivity index (χ0v) is 20.5. The molecule has 3 aromatic carbocycles. The van der Waals surface area contributed by atoms with Crippen molar-refractivity contribution >= 4 is 17.6 Å². The van der Waals surface area contributed by atoms with Gasteiger partial charge in [-0.2, -0.15) is 0 Å². The molecule has 1 saturated carbocycles. The molecule has 2 unspecified atom stereocenters. The first kappa shape index (κ1) is 25.3. The van der Waals surface area contributed by atoms with E-state index in [2.05, 4.69) is 5.32 Å². The summed E-state index contributed by atoms with van der Waals surface area (Å²) in [7, 11) is 1.74. The summed E-state index contributed by atoms with van der Waals surface area (Å²) >= 11 is 0. The van der Waals surface area contributed by atoms with Crippen molar-refractivity contribution in [2.24, 2.45) is 0 Å². The van der Waals surface area contributed by atoms with Crippen LogP contribution >= 0.6 is 0 Å². The van der Waals surface area contributed by atoms with Crippen LogP contribution in [0.2, 0.25) is 0 Å². The number of hydrogen-bond acceptors (Lipinski definition) is 5. The third-order valence-electron chi connectivity index (χ3n) is 6.35. The largest absolute Gasteiger partial charge is 0.488 e. The Morgan fingerprint density at radius 2 is 1.50 bits per heavy atom. The lowest BCUT2D eigenvalue weighted by Gasteiger charge is -2.30. The van der Waals surface area contributed by atoms with Gasteiger partial charge in [0.15, 0.2) is 0 Å². The number of carboxylic acid groups (broad SMARTS) is 1. The van der Waals surface area contributed by atoms with Gasteiger partial charge in [0.2, 0.25) is 5.91 Å². The molecule has 1 aliphatic rings. The fraction of sp³-hybridized carbons (Fsp3) is 0.310. The average Bonchev–Trinajstić information content (AvgIpc) is 2.88. The predicted molar refractivity (Wildman–Crippen MR) is 137 cm³/mol. The van der Waals surface area contributed by atoms with Crippen LogP contribution in [0.1, 0.15) is 47.2 Å². The SMILES string of the molecule is COC1CCCCC1Oc1ccc(Oc2ccc(CC(=O)Nc3c(C)cccc3C(=O)O)cc2)cc1. The molecule has 2 N–H and O–H groups in total. The van der Waals surface area contributed by atoms with Crippen LogP contribution in [0.4, 0.5) is 5.69 Å². The monoisotopic (exact) mass is 489 g/mol. The van der Waals surface area contributed by atoms with Crippen molar-refractivity contribution in [3.63, 3.8) is 0 Å². The molecule has 4 rings (SSSR count). The highest BCUT2D eigenvalue weighted by molar-refractivity contribution is 6.01. The van der Waals surface area contributed by atoms with Crippen LogP contribution < -0.4 is 14.8 Å². The Morgan fingerprint density at radius 3 is 2.14 bits per heavy atom. The molecule has 1 fully saturated rings. The van der Waals surface area contributed by atoms with E-state index in [1.807, 2.05) is 36.4 Å². The highest BCUT2D eigenvalue weighted by atomic mass is 16.5. The van der Waals surface area contributed by atoms with Gasteiger partial charge in [-0.05, 0) is 79.8 Å². The van der Waals surface area contributed by atoms with Gasteiger partial charge in [0.05, 0.1) is 23.8 Å². The molecule has 0 aromatic heterocycles. The number of hydrogen-bond donors (Lipinski definition) is 2. The van der Waals surface area contributed by atoms with Crippen molar-refractivity contribution in [1.82, 2.24) is 0 Å². The minimum absolute atomic E-state index is 0.0702. The standard InChI is InChI=1S/C29H31NO6/c1-19-6-5-7-24(29(32)33)28(19)30-27(31)18-20-10-12-21(13-11-20)35-22-14-16-23(17-15-22)36-26-9-4-3-8-25(26)34-2/h5-7,10-17,25-26H,3-4,8-9,18H2,1-2H3,(H,30,31)(H,32,33). The van der Waals surface area contributed by atoms with Crippen molar-refractivity contribution in [3.05, 3.63) is 83.4 Å². The number of aryl methyl sites for hydroxylation is 1. The topological polar surface area (TPSA) is 94.1 Å².